The Labute approximate surface area is 149 Å². The molecule has 1 amide bonds. The first-order valence-corrected chi connectivity index (χ1v) is 9.29. The summed E-state index contributed by atoms with van der Waals surface area (Å²) in [6.45, 7) is 3.27. The van der Waals surface area contributed by atoms with Crippen LogP contribution in [0, 0.1) is 5.92 Å². The van der Waals surface area contributed by atoms with Crippen LogP contribution in [0.15, 0.2) is 30.5 Å². The van der Waals surface area contributed by atoms with Crippen molar-refractivity contribution in [2.24, 2.45) is 5.92 Å². The number of carbonyl (C=O) groups excluding carboxylic acids is 1. The summed E-state index contributed by atoms with van der Waals surface area (Å²) in [7, 11) is 0. The third-order valence-corrected chi connectivity index (χ3v) is 5.81. The fourth-order valence-electron chi connectivity index (χ4n) is 3.39. The van der Waals surface area contributed by atoms with Gasteiger partial charge < -0.3 is 15.0 Å². The molecule has 0 aliphatic carbocycles. The SMILES string of the molecule is O=C(NC1CN2CCC1CC2)c1ncc(Oc2ccc(Cl)cc2)s1. The summed E-state index contributed by atoms with van der Waals surface area (Å²) in [6, 6.07) is 7.34. The quantitative estimate of drug-likeness (QED) is 0.904. The molecule has 0 saturated carbocycles. The van der Waals surface area contributed by atoms with Crippen molar-refractivity contribution >= 4 is 28.8 Å². The highest BCUT2D eigenvalue weighted by Crippen LogP contribution is 2.30. The molecule has 5 rings (SSSR count). The first-order valence-electron chi connectivity index (χ1n) is 8.10. The van der Waals surface area contributed by atoms with E-state index in [-0.39, 0.29) is 11.9 Å². The second-order valence-electron chi connectivity index (χ2n) is 6.26. The molecule has 1 aromatic heterocycles. The molecule has 1 atom stereocenters. The third kappa shape index (κ3) is 3.41. The Bertz CT molecular complexity index is 726. The number of amides is 1. The lowest BCUT2D eigenvalue weighted by Crippen LogP contribution is -2.57. The number of halogens is 1. The van der Waals surface area contributed by atoms with Gasteiger partial charge in [-0.3, -0.25) is 4.79 Å². The van der Waals surface area contributed by atoms with Gasteiger partial charge in [-0.1, -0.05) is 22.9 Å². The Hall–Kier alpha value is -1.63. The average Bonchev–Trinajstić information content (AvgIpc) is 3.07. The third-order valence-electron chi connectivity index (χ3n) is 4.68. The lowest BCUT2D eigenvalue weighted by Gasteiger charge is -2.44. The van der Waals surface area contributed by atoms with Gasteiger partial charge in [0.2, 0.25) is 5.06 Å². The van der Waals surface area contributed by atoms with Crippen molar-refractivity contribution in [2.45, 2.75) is 18.9 Å². The molecule has 1 N–H and O–H groups in total. The maximum atomic E-state index is 12.4. The zero-order chi connectivity index (χ0) is 16.5. The van der Waals surface area contributed by atoms with Crippen LogP contribution in [0.1, 0.15) is 22.6 Å². The maximum absolute atomic E-state index is 12.4. The molecule has 2 bridgehead atoms. The Kier molecular flexibility index (Phi) is 4.43. The first kappa shape index (κ1) is 15.9. The number of ether oxygens (including phenoxy) is 1. The number of nitrogens with one attached hydrogen (secondary N) is 1. The number of hydrogen-bond donors (Lipinski definition) is 1. The number of aromatic nitrogens is 1. The van der Waals surface area contributed by atoms with Crippen LogP contribution < -0.4 is 10.1 Å². The fourth-order valence-corrected chi connectivity index (χ4v) is 4.21. The highest BCUT2D eigenvalue weighted by molar-refractivity contribution is 7.15. The van der Waals surface area contributed by atoms with Gasteiger partial charge in [0.15, 0.2) is 5.01 Å². The van der Waals surface area contributed by atoms with Crippen LogP contribution in [-0.2, 0) is 0 Å². The summed E-state index contributed by atoms with van der Waals surface area (Å²) in [6.07, 6.45) is 3.94. The van der Waals surface area contributed by atoms with E-state index in [0.29, 0.717) is 26.8 Å². The second kappa shape index (κ2) is 6.70. The van der Waals surface area contributed by atoms with E-state index in [0.717, 1.165) is 19.6 Å². The molecule has 4 heterocycles. The molecule has 0 radical (unpaired) electrons. The topological polar surface area (TPSA) is 54.5 Å². The maximum Gasteiger partial charge on any atom is 0.280 e. The van der Waals surface area contributed by atoms with Crippen LogP contribution in [0.3, 0.4) is 0 Å². The standard InChI is InChI=1S/C17H18ClN3O2S/c18-12-1-3-13(4-2-12)23-15-9-19-17(24-15)16(22)20-14-10-21-7-5-11(14)6-8-21/h1-4,9,11,14H,5-8,10H2,(H,20,22). The van der Waals surface area contributed by atoms with Crippen LogP contribution in [0.25, 0.3) is 0 Å². The van der Waals surface area contributed by atoms with Gasteiger partial charge in [-0.2, -0.15) is 0 Å². The van der Waals surface area contributed by atoms with Crippen molar-refractivity contribution in [2.75, 3.05) is 19.6 Å². The molecule has 5 nitrogen and oxygen atoms in total. The monoisotopic (exact) mass is 363 g/mol. The smallest absolute Gasteiger partial charge is 0.280 e. The Balaban J connectivity index is 1.39. The first-order chi connectivity index (χ1) is 11.7. The molecule has 1 unspecified atom stereocenters. The van der Waals surface area contributed by atoms with Crippen molar-refractivity contribution in [3.63, 3.8) is 0 Å². The van der Waals surface area contributed by atoms with Gasteiger partial charge in [-0.25, -0.2) is 4.98 Å². The van der Waals surface area contributed by atoms with E-state index in [1.165, 1.54) is 24.2 Å². The van der Waals surface area contributed by atoms with E-state index < -0.39 is 0 Å². The largest absolute Gasteiger partial charge is 0.445 e. The molecule has 3 aliphatic heterocycles. The summed E-state index contributed by atoms with van der Waals surface area (Å²) in [5.74, 6) is 1.17. The van der Waals surface area contributed by atoms with Crippen LogP contribution in [0.2, 0.25) is 5.02 Å². The van der Waals surface area contributed by atoms with E-state index in [4.69, 9.17) is 16.3 Å². The minimum absolute atomic E-state index is 0.107. The van der Waals surface area contributed by atoms with Gasteiger partial charge in [0.25, 0.3) is 5.91 Å². The van der Waals surface area contributed by atoms with Gasteiger partial charge in [0.1, 0.15) is 5.75 Å². The van der Waals surface area contributed by atoms with E-state index in [9.17, 15) is 4.79 Å². The van der Waals surface area contributed by atoms with Gasteiger partial charge >= 0.3 is 0 Å². The molecular weight excluding hydrogens is 346 g/mol. The molecule has 2 aromatic rings. The van der Waals surface area contributed by atoms with Crippen molar-refractivity contribution in [3.05, 3.63) is 40.5 Å². The predicted molar refractivity (Wildman–Crippen MR) is 94.1 cm³/mol. The summed E-state index contributed by atoms with van der Waals surface area (Å²) >= 11 is 7.11. The van der Waals surface area contributed by atoms with Crippen LogP contribution in [0.4, 0.5) is 0 Å². The molecular formula is C17H18ClN3O2S. The van der Waals surface area contributed by atoms with E-state index in [2.05, 4.69) is 15.2 Å². The lowest BCUT2D eigenvalue weighted by atomic mass is 9.84. The Morgan fingerprint density at radius 1 is 1.29 bits per heavy atom. The summed E-state index contributed by atoms with van der Waals surface area (Å²) in [5, 5.41) is 4.84. The Morgan fingerprint density at radius 2 is 2.04 bits per heavy atom. The number of benzene rings is 1. The van der Waals surface area contributed by atoms with Crippen LogP contribution >= 0.6 is 22.9 Å². The molecule has 7 heteroatoms. The minimum Gasteiger partial charge on any atom is -0.445 e. The highest BCUT2D eigenvalue weighted by atomic mass is 35.5. The highest BCUT2D eigenvalue weighted by Gasteiger charge is 2.35. The predicted octanol–water partition coefficient (Wildman–Crippen LogP) is 3.41. The molecule has 1 aromatic carbocycles. The lowest BCUT2D eigenvalue weighted by molar-refractivity contribution is 0.0620. The van der Waals surface area contributed by atoms with Crippen LogP contribution in [-0.4, -0.2) is 41.5 Å². The average molecular weight is 364 g/mol. The number of rotatable bonds is 4. The van der Waals surface area contributed by atoms with E-state index in [1.54, 1.807) is 30.5 Å². The normalized spacial score (nSPS) is 25.5. The van der Waals surface area contributed by atoms with Crippen molar-refractivity contribution in [1.82, 2.24) is 15.2 Å². The van der Waals surface area contributed by atoms with Crippen molar-refractivity contribution in [3.8, 4) is 10.8 Å². The summed E-state index contributed by atoms with van der Waals surface area (Å²) < 4.78 is 5.71. The number of thiazole rings is 1. The van der Waals surface area contributed by atoms with E-state index in [1.807, 2.05) is 0 Å². The number of nitrogens with zero attached hydrogens (tertiary/aromatic N) is 2. The second-order valence-corrected chi connectivity index (χ2v) is 7.69. The fraction of sp³-hybridized carbons (Fsp3) is 0.412. The van der Waals surface area contributed by atoms with E-state index >= 15 is 0 Å². The molecule has 3 saturated heterocycles. The summed E-state index contributed by atoms with van der Waals surface area (Å²) in [4.78, 5) is 19.1. The molecule has 3 aliphatic rings. The zero-order valence-electron chi connectivity index (χ0n) is 13.1. The van der Waals surface area contributed by atoms with Gasteiger partial charge in [0, 0.05) is 17.6 Å². The van der Waals surface area contributed by atoms with Crippen LogP contribution in [0.5, 0.6) is 10.8 Å². The van der Waals surface area contributed by atoms with Gasteiger partial charge in [0.05, 0.1) is 6.20 Å². The molecule has 3 fully saturated rings. The number of piperidine rings is 3. The number of fused-ring (bicyclic) bond motifs is 3. The number of hydrogen-bond acceptors (Lipinski definition) is 5. The minimum atomic E-state index is -0.107. The van der Waals surface area contributed by atoms with Gasteiger partial charge in [-0.05, 0) is 56.1 Å². The van der Waals surface area contributed by atoms with Crippen molar-refractivity contribution < 1.29 is 9.53 Å². The molecule has 126 valence electrons. The Morgan fingerprint density at radius 3 is 2.71 bits per heavy atom. The number of carbonyl (C=O) groups is 1. The molecule has 0 spiro atoms. The van der Waals surface area contributed by atoms with Gasteiger partial charge in [-0.15, -0.1) is 0 Å². The van der Waals surface area contributed by atoms with Crippen molar-refractivity contribution in [1.29, 1.82) is 0 Å². The summed E-state index contributed by atoms with van der Waals surface area (Å²) in [5.41, 5.74) is 0. The zero-order valence-corrected chi connectivity index (χ0v) is 14.6. The molecule has 24 heavy (non-hydrogen) atoms.